The van der Waals surface area contributed by atoms with Crippen molar-refractivity contribution >= 4 is 29.0 Å². The van der Waals surface area contributed by atoms with E-state index in [1.165, 1.54) is 31.2 Å². The van der Waals surface area contributed by atoms with E-state index in [1.54, 1.807) is 11.0 Å². The van der Waals surface area contributed by atoms with Gasteiger partial charge in [0.15, 0.2) is 5.78 Å². The number of carbonyl (C=O) groups is 1. The first-order valence-corrected chi connectivity index (χ1v) is 11.9. The zero-order chi connectivity index (χ0) is 23.7. The number of hydrogen-bond acceptors (Lipinski definition) is 3. The molecule has 2 fully saturated rings. The van der Waals surface area contributed by atoms with E-state index >= 15 is 0 Å². The molecular weight excluding hydrogens is 474 g/mol. The molecule has 1 unspecified atom stereocenters. The minimum Gasteiger partial charge on any atom is -0.493 e. The number of likely N-dealkylation sites (tertiary alicyclic amines) is 1. The van der Waals surface area contributed by atoms with Crippen molar-refractivity contribution in [3.63, 3.8) is 0 Å². The van der Waals surface area contributed by atoms with Crippen LogP contribution in [0.4, 0.5) is 13.2 Å². The molecule has 8 heteroatoms. The number of carbonyl (C=O) groups excluding carboxylic acids is 1. The molecule has 4 rings (SSSR count). The molecule has 2 aromatic carbocycles. The van der Waals surface area contributed by atoms with Gasteiger partial charge in [0.1, 0.15) is 11.6 Å². The first kappa shape index (κ1) is 24.4. The largest absolute Gasteiger partial charge is 0.493 e. The summed E-state index contributed by atoms with van der Waals surface area (Å²) >= 11 is 12.1. The highest BCUT2D eigenvalue weighted by Crippen LogP contribution is 2.45. The SMILES string of the molecule is CC(=O)c1cc(C2CC2)c(OCC2CCN(C(c3cc(Cl)cc(Cl)c3)C(F)F)CC2)cc1F. The fourth-order valence-corrected chi connectivity index (χ4v) is 5.09. The van der Waals surface area contributed by atoms with Crippen molar-refractivity contribution in [1.82, 2.24) is 4.90 Å². The van der Waals surface area contributed by atoms with Gasteiger partial charge in [-0.1, -0.05) is 23.2 Å². The van der Waals surface area contributed by atoms with Crippen molar-refractivity contribution in [3.8, 4) is 5.75 Å². The summed E-state index contributed by atoms with van der Waals surface area (Å²) in [4.78, 5) is 13.5. The molecule has 1 aliphatic heterocycles. The van der Waals surface area contributed by atoms with Gasteiger partial charge in [0.05, 0.1) is 18.2 Å². The van der Waals surface area contributed by atoms with E-state index in [4.69, 9.17) is 27.9 Å². The second-order valence-corrected chi connectivity index (χ2v) is 9.85. The quantitative estimate of drug-likeness (QED) is 0.356. The highest BCUT2D eigenvalue weighted by atomic mass is 35.5. The maximum absolute atomic E-state index is 14.4. The molecule has 0 spiro atoms. The molecule has 0 amide bonds. The minimum absolute atomic E-state index is 0.0942. The zero-order valence-corrected chi connectivity index (χ0v) is 19.8. The Morgan fingerprint density at radius 2 is 1.70 bits per heavy atom. The molecule has 0 radical (unpaired) electrons. The number of nitrogens with zero attached hydrogens (tertiary/aromatic N) is 1. The van der Waals surface area contributed by atoms with Crippen LogP contribution < -0.4 is 4.74 Å². The Kier molecular flexibility index (Phi) is 7.56. The van der Waals surface area contributed by atoms with E-state index in [0.717, 1.165) is 18.4 Å². The molecule has 0 aromatic heterocycles. The van der Waals surface area contributed by atoms with Crippen LogP contribution in [-0.2, 0) is 0 Å². The third-order valence-electron chi connectivity index (χ3n) is 6.48. The summed E-state index contributed by atoms with van der Waals surface area (Å²) in [7, 11) is 0. The summed E-state index contributed by atoms with van der Waals surface area (Å²) in [6, 6.07) is 6.47. The topological polar surface area (TPSA) is 29.5 Å². The number of Topliss-reactive ketones (excluding diaryl/α,β-unsaturated/α-hetero) is 1. The van der Waals surface area contributed by atoms with Gasteiger partial charge in [0, 0.05) is 16.1 Å². The molecule has 33 heavy (non-hydrogen) atoms. The summed E-state index contributed by atoms with van der Waals surface area (Å²) in [5, 5.41) is 0.668. The fourth-order valence-electron chi connectivity index (χ4n) is 4.55. The Labute approximate surface area is 201 Å². The van der Waals surface area contributed by atoms with Gasteiger partial charge < -0.3 is 4.74 Å². The Morgan fingerprint density at radius 1 is 1.06 bits per heavy atom. The van der Waals surface area contributed by atoms with Gasteiger partial charge in [-0.05, 0) is 92.9 Å². The van der Waals surface area contributed by atoms with Gasteiger partial charge in [-0.3, -0.25) is 9.69 Å². The average molecular weight is 500 g/mol. The molecule has 178 valence electrons. The number of piperidine rings is 1. The molecule has 1 saturated carbocycles. The molecule has 2 aromatic rings. The summed E-state index contributed by atoms with van der Waals surface area (Å²) in [6.45, 7) is 2.71. The number of benzene rings is 2. The normalized spacial score (nSPS) is 18.5. The lowest BCUT2D eigenvalue weighted by atomic mass is 9.94. The summed E-state index contributed by atoms with van der Waals surface area (Å²) in [5.74, 6) is 0.0861. The second-order valence-electron chi connectivity index (χ2n) is 8.97. The van der Waals surface area contributed by atoms with Crippen LogP contribution in [0.3, 0.4) is 0 Å². The number of alkyl halides is 2. The summed E-state index contributed by atoms with van der Waals surface area (Å²) in [6.07, 6.45) is 0.797. The number of ketones is 1. The van der Waals surface area contributed by atoms with Crippen molar-refractivity contribution in [2.45, 2.75) is 51.0 Å². The van der Waals surface area contributed by atoms with Crippen LogP contribution in [0.1, 0.15) is 66.1 Å². The summed E-state index contributed by atoms with van der Waals surface area (Å²) in [5.41, 5.74) is 1.39. The van der Waals surface area contributed by atoms with Gasteiger partial charge in [-0.25, -0.2) is 13.2 Å². The first-order valence-electron chi connectivity index (χ1n) is 11.2. The second kappa shape index (κ2) is 10.2. The van der Waals surface area contributed by atoms with Crippen molar-refractivity contribution < 1.29 is 22.7 Å². The highest BCUT2D eigenvalue weighted by Gasteiger charge is 2.33. The van der Waals surface area contributed by atoms with Crippen molar-refractivity contribution in [2.24, 2.45) is 5.92 Å². The zero-order valence-electron chi connectivity index (χ0n) is 18.3. The Hall–Kier alpha value is -1.76. The van der Waals surface area contributed by atoms with Crippen LogP contribution in [0.5, 0.6) is 5.75 Å². The van der Waals surface area contributed by atoms with E-state index in [1.807, 2.05) is 0 Å². The van der Waals surface area contributed by atoms with Gasteiger partial charge in [0.25, 0.3) is 6.43 Å². The highest BCUT2D eigenvalue weighted by molar-refractivity contribution is 6.34. The van der Waals surface area contributed by atoms with Gasteiger partial charge >= 0.3 is 0 Å². The minimum atomic E-state index is -2.57. The van der Waals surface area contributed by atoms with E-state index in [-0.39, 0.29) is 17.3 Å². The van der Waals surface area contributed by atoms with E-state index < -0.39 is 18.3 Å². The number of ether oxygens (including phenoxy) is 1. The van der Waals surface area contributed by atoms with Crippen molar-refractivity contribution in [2.75, 3.05) is 19.7 Å². The molecule has 1 aliphatic carbocycles. The third-order valence-corrected chi connectivity index (χ3v) is 6.91. The number of rotatable bonds is 8. The van der Waals surface area contributed by atoms with Crippen LogP contribution in [0.25, 0.3) is 0 Å². The molecule has 1 atom stereocenters. The lowest BCUT2D eigenvalue weighted by molar-refractivity contribution is 0.00318. The predicted octanol–water partition coefficient (Wildman–Crippen LogP) is 7.31. The van der Waals surface area contributed by atoms with Gasteiger partial charge in [-0.2, -0.15) is 0 Å². The molecule has 0 N–H and O–H groups in total. The van der Waals surface area contributed by atoms with Crippen LogP contribution in [0, 0.1) is 11.7 Å². The monoisotopic (exact) mass is 499 g/mol. The standard InChI is InChI=1S/C25H26Cl2F3NO2/c1-14(32)20-11-21(16-2-3-16)23(12-22(20)28)33-13-15-4-6-31(7-5-15)24(25(29)30)17-8-18(26)10-19(27)9-17/h8-12,15-16,24-25H,2-7,13H2,1H3. The molecule has 0 bridgehead atoms. The number of hydrogen-bond donors (Lipinski definition) is 0. The lowest BCUT2D eigenvalue weighted by Gasteiger charge is -2.37. The van der Waals surface area contributed by atoms with Crippen LogP contribution in [0.15, 0.2) is 30.3 Å². The lowest BCUT2D eigenvalue weighted by Crippen LogP contribution is -2.40. The maximum atomic E-state index is 14.4. The van der Waals surface area contributed by atoms with Crippen LogP contribution >= 0.6 is 23.2 Å². The molecular formula is C25H26Cl2F3NO2. The fraction of sp³-hybridized carbons (Fsp3) is 0.480. The number of halogens is 5. The molecule has 2 aliphatic rings. The smallest absolute Gasteiger partial charge is 0.258 e. The predicted molar refractivity (Wildman–Crippen MR) is 123 cm³/mol. The molecule has 1 heterocycles. The Bertz CT molecular complexity index is 1000. The van der Waals surface area contributed by atoms with E-state index in [9.17, 15) is 18.0 Å². The van der Waals surface area contributed by atoms with E-state index in [2.05, 4.69) is 0 Å². The van der Waals surface area contributed by atoms with Crippen molar-refractivity contribution in [1.29, 1.82) is 0 Å². The van der Waals surface area contributed by atoms with Crippen LogP contribution in [0.2, 0.25) is 10.0 Å². The van der Waals surface area contributed by atoms with Gasteiger partial charge in [0.2, 0.25) is 0 Å². The molecule has 1 saturated heterocycles. The van der Waals surface area contributed by atoms with Crippen molar-refractivity contribution in [3.05, 3.63) is 62.9 Å². The average Bonchev–Trinajstić information content (AvgIpc) is 3.57. The van der Waals surface area contributed by atoms with Gasteiger partial charge in [-0.15, -0.1) is 0 Å². The first-order chi connectivity index (χ1) is 15.7. The Morgan fingerprint density at radius 3 is 2.24 bits per heavy atom. The molecule has 3 nitrogen and oxygen atoms in total. The Balaban J connectivity index is 1.39. The third kappa shape index (κ3) is 5.84. The summed E-state index contributed by atoms with van der Waals surface area (Å²) < 4.78 is 48.2. The maximum Gasteiger partial charge on any atom is 0.258 e. The van der Waals surface area contributed by atoms with E-state index in [0.29, 0.717) is 59.8 Å². The van der Waals surface area contributed by atoms with Crippen LogP contribution in [-0.4, -0.2) is 36.8 Å².